The van der Waals surface area contributed by atoms with E-state index in [9.17, 15) is 8.42 Å². The van der Waals surface area contributed by atoms with Gasteiger partial charge in [-0.15, -0.1) is 0 Å². The second-order valence-electron chi connectivity index (χ2n) is 13.3. The van der Waals surface area contributed by atoms with E-state index < -0.39 is 38.3 Å². The molecule has 2 saturated heterocycles. The van der Waals surface area contributed by atoms with Crippen LogP contribution in [0.15, 0.2) is 29.2 Å². The molecule has 2 aliphatic heterocycles. The zero-order valence-electron chi connectivity index (χ0n) is 24.9. The van der Waals surface area contributed by atoms with E-state index in [1.54, 1.807) is 12.1 Å². The summed E-state index contributed by atoms with van der Waals surface area (Å²) in [4.78, 5) is 0.308. The van der Waals surface area contributed by atoms with Crippen molar-refractivity contribution >= 4 is 26.7 Å². The summed E-state index contributed by atoms with van der Waals surface area (Å²) in [6, 6.07) is 9.04. The summed E-state index contributed by atoms with van der Waals surface area (Å²) in [6.07, 6.45) is -0.428. The normalized spacial score (nSPS) is 26.9. The quantitative estimate of drug-likeness (QED) is 0.232. The Morgan fingerprint density at radius 2 is 1.54 bits per heavy atom. The molecule has 37 heavy (non-hydrogen) atoms. The molecule has 0 bridgehead atoms. The summed E-state index contributed by atoms with van der Waals surface area (Å²) < 4.78 is 53.3. The smallest absolute Gasteiger partial charge is 0.349 e. The van der Waals surface area contributed by atoms with E-state index >= 15 is 0 Å². The Labute approximate surface area is 228 Å². The average molecular weight is 571 g/mol. The van der Waals surface area contributed by atoms with E-state index in [4.69, 9.17) is 18.0 Å². The first-order valence-electron chi connectivity index (χ1n) is 13.9. The maximum Gasteiger partial charge on any atom is 0.349 e. The van der Waals surface area contributed by atoms with E-state index in [1.165, 1.54) is 0 Å². The van der Waals surface area contributed by atoms with Crippen LogP contribution in [-0.4, -0.2) is 55.7 Å². The van der Waals surface area contributed by atoms with E-state index in [1.807, 2.05) is 19.1 Å². The summed E-state index contributed by atoms with van der Waals surface area (Å²) in [7, 11) is -8.37. The number of hydrogen-bond acceptors (Lipinski definition) is 6. The topological polar surface area (TPSA) is 74.4 Å². The highest BCUT2D eigenvalue weighted by atomic mass is 32.2. The third kappa shape index (κ3) is 5.98. The zero-order chi connectivity index (χ0) is 28.0. The predicted molar refractivity (Wildman–Crippen MR) is 154 cm³/mol. The molecule has 0 radical (unpaired) electrons. The maximum absolute atomic E-state index is 13.3. The lowest BCUT2D eigenvalue weighted by atomic mass is 10.1. The van der Waals surface area contributed by atoms with Gasteiger partial charge < -0.3 is 18.0 Å². The number of rotatable bonds is 9. The van der Waals surface area contributed by atoms with Crippen LogP contribution in [0, 0.1) is 6.92 Å². The molecule has 3 rings (SSSR count). The minimum Gasteiger partial charge on any atom is -0.409 e. The van der Waals surface area contributed by atoms with Crippen molar-refractivity contribution in [2.24, 2.45) is 0 Å². The molecule has 0 N–H and O–H groups in total. The van der Waals surface area contributed by atoms with Gasteiger partial charge in [0.2, 0.25) is 9.84 Å². The summed E-state index contributed by atoms with van der Waals surface area (Å²) in [5, 5.41) is -0.345. The molecule has 2 heterocycles. The van der Waals surface area contributed by atoms with Crippen LogP contribution in [0.5, 0.6) is 0 Å². The monoisotopic (exact) mass is 570 g/mol. The van der Waals surface area contributed by atoms with E-state index in [0.717, 1.165) is 17.7 Å². The Morgan fingerprint density at radius 1 is 1.00 bits per heavy atom. The lowest BCUT2D eigenvalue weighted by molar-refractivity contribution is -0.0730. The van der Waals surface area contributed by atoms with Crippen LogP contribution in [0.3, 0.4) is 0 Å². The van der Waals surface area contributed by atoms with Crippen molar-refractivity contribution in [3.63, 3.8) is 0 Å². The van der Waals surface area contributed by atoms with Crippen molar-refractivity contribution in [2.45, 2.75) is 139 Å². The highest BCUT2D eigenvalue weighted by molar-refractivity contribution is 7.92. The first kappa shape index (κ1) is 31.0. The molecule has 0 spiro atoms. The summed E-state index contributed by atoms with van der Waals surface area (Å²) >= 11 is 0. The molecule has 0 aromatic heterocycles. The molecule has 9 heteroatoms. The summed E-state index contributed by atoms with van der Waals surface area (Å²) in [5.41, 5.74) is 0.648. The molecule has 2 aliphatic rings. The van der Waals surface area contributed by atoms with Crippen LogP contribution in [0.25, 0.3) is 0 Å². The van der Waals surface area contributed by atoms with Crippen molar-refractivity contribution < 1.29 is 26.4 Å². The van der Waals surface area contributed by atoms with Crippen molar-refractivity contribution in [1.29, 1.82) is 0 Å². The van der Waals surface area contributed by atoms with Gasteiger partial charge in [-0.05, 0) is 36.7 Å². The second kappa shape index (κ2) is 10.8. The number of benzene rings is 1. The molecular weight excluding hydrogens is 521 g/mol. The molecule has 6 nitrogen and oxygen atoms in total. The van der Waals surface area contributed by atoms with Crippen molar-refractivity contribution in [3.8, 4) is 0 Å². The fourth-order valence-electron chi connectivity index (χ4n) is 6.18. The average Bonchev–Trinajstić information content (AvgIpc) is 3.57. The van der Waals surface area contributed by atoms with Gasteiger partial charge in [0.05, 0.1) is 23.7 Å². The Balaban J connectivity index is 1.91. The summed E-state index contributed by atoms with van der Waals surface area (Å²) in [6.45, 7) is 24.6. The maximum atomic E-state index is 13.3. The Morgan fingerprint density at radius 3 is 2.00 bits per heavy atom. The number of epoxide rings is 1. The molecule has 212 valence electrons. The SMILES string of the molecule is CC[Si](CC)(O[C@@H]1CO[Si](C(C)(C)C)(C(C)(C)C)O[C@H]1C[C@H]1O[C@@H]1S(=O)(=O)c1ccc(C)cc1)C(C)C. The molecule has 1 aromatic carbocycles. The largest absolute Gasteiger partial charge is 0.409 e. The van der Waals surface area contributed by atoms with Crippen LogP contribution in [0.4, 0.5) is 0 Å². The lowest BCUT2D eigenvalue weighted by Crippen LogP contribution is -2.66. The van der Waals surface area contributed by atoms with Crippen molar-refractivity contribution in [3.05, 3.63) is 29.8 Å². The number of sulfone groups is 1. The van der Waals surface area contributed by atoms with Gasteiger partial charge in [-0.1, -0.05) is 86.9 Å². The van der Waals surface area contributed by atoms with Crippen molar-refractivity contribution in [1.82, 2.24) is 0 Å². The first-order chi connectivity index (χ1) is 16.9. The minimum absolute atomic E-state index is 0.172. The van der Waals surface area contributed by atoms with Gasteiger partial charge in [-0.2, -0.15) is 0 Å². The predicted octanol–water partition coefficient (Wildman–Crippen LogP) is 7.12. The van der Waals surface area contributed by atoms with Gasteiger partial charge in [0, 0.05) is 16.5 Å². The molecule has 2 fully saturated rings. The second-order valence-corrected chi connectivity index (χ2v) is 25.0. The van der Waals surface area contributed by atoms with Gasteiger partial charge in [0.15, 0.2) is 13.8 Å². The molecule has 4 atom stereocenters. The van der Waals surface area contributed by atoms with Crippen LogP contribution < -0.4 is 0 Å². The standard InChI is InChI=1S/C28H50O6SSi2/c1-12-36(13-2,20(3)4)33-25-19-31-37(27(6,7)8,28(9,10)11)34-23(25)18-24-26(32-24)35(29,30)22-16-14-21(5)15-17-22/h14-17,20,23-26H,12-13,18-19H2,1-11H3/t23-,24+,25+,26+/m0/s1. The zero-order valence-corrected chi connectivity index (χ0v) is 27.7. The fraction of sp³-hybridized carbons (Fsp3) is 0.786. The van der Waals surface area contributed by atoms with Gasteiger partial charge in [0.25, 0.3) is 0 Å². The third-order valence-electron chi connectivity index (χ3n) is 8.45. The number of ether oxygens (including phenoxy) is 1. The Bertz CT molecular complexity index is 1010. The van der Waals surface area contributed by atoms with Gasteiger partial charge in [-0.25, -0.2) is 8.42 Å². The molecule has 0 aliphatic carbocycles. The van der Waals surface area contributed by atoms with E-state index in [0.29, 0.717) is 23.5 Å². The van der Waals surface area contributed by atoms with Crippen molar-refractivity contribution in [2.75, 3.05) is 6.61 Å². The van der Waals surface area contributed by atoms with E-state index in [-0.39, 0.29) is 22.3 Å². The third-order valence-corrected chi connectivity index (χ3v) is 20.8. The number of hydrogen-bond donors (Lipinski definition) is 0. The van der Waals surface area contributed by atoms with Crippen LogP contribution in [-0.2, 0) is 27.9 Å². The number of aryl methyl sites for hydroxylation is 1. The molecule has 0 unspecified atom stereocenters. The highest BCUT2D eigenvalue weighted by Crippen LogP contribution is 2.55. The summed E-state index contributed by atoms with van der Waals surface area (Å²) in [5.74, 6) is 0. The fourth-order valence-corrected chi connectivity index (χ4v) is 16.3. The van der Waals surface area contributed by atoms with Gasteiger partial charge >= 0.3 is 8.56 Å². The van der Waals surface area contributed by atoms with Gasteiger partial charge in [0.1, 0.15) is 6.10 Å². The molecule has 0 saturated carbocycles. The first-order valence-corrected chi connectivity index (χ1v) is 19.7. The van der Waals surface area contributed by atoms with Crippen LogP contribution in [0.2, 0.25) is 27.7 Å². The lowest BCUT2D eigenvalue weighted by Gasteiger charge is -2.55. The van der Waals surface area contributed by atoms with E-state index in [2.05, 4.69) is 69.2 Å². The van der Waals surface area contributed by atoms with Crippen LogP contribution >= 0.6 is 0 Å². The Kier molecular flexibility index (Phi) is 9.03. The highest BCUT2D eigenvalue weighted by Gasteiger charge is 2.63. The molecular formula is C28H50O6SSi2. The molecule has 1 aromatic rings. The molecule has 0 amide bonds. The minimum atomic E-state index is -3.57. The Hall–Kier alpha value is -0.556. The van der Waals surface area contributed by atoms with Crippen LogP contribution in [0.1, 0.15) is 81.2 Å². The van der Waals surface area contributed by atoms with Gasteiger partial charge in [-0.3, -0.25) is 0 Å².